The van der Waals surface area contributed by atoms with Crippen molar-refractivity contribution >= 4 is 0 Å². The predicted molar refractivity (Wildman–Crippen MR) is 61.3 cm³/mol. The summed E-state index contributed by atoms with van der Waals surface area (Å²) in [5.74, 6) is 3.80. The standard InChI is InChI=1S/C14H19NO/c15-3-1-2-13(16)14-11-5-9-4-10(7-11)8-12(14)6-9/h1-2,9-14,16H,4-8H2/b2-1+. The minimum atomic E-state index is -0.380. The summed E-state index contributed by atoms with van der Waals surface area (Å²) in [4.78, 5) is 0. The van der Waals surface area contributed by atoms with Crippen molar-refractivity contribution in [2.24, 2.45) is 29.6 Å². The van der Waals surface area contributed by atoms with E-state index in [4.69, 9.17) is 5.26 Å². The molecule has 0 aromatic heterocycles. The van der Waals surface area contributed by atoms with Crippen molar-refractivity contribution in [2.45, 2.75) is 38.2 Å². The molecule has 0 aromatic carbocycles. The molecule has 4 bridgehead atoms. The van der Waals surface area contributed by atoms with Crippen molar-refractivity contribution in [1.82, 2.24) is 0 Å². The van der Waals surface area contributed by atoms with Gasteiger partial charge in [0.2, 0.25) is 0 Å². The Balaban J connectivity index is 1.77. The summed E-state index contributed by atoms with van der Waals surface area (Å²) in [6, 6.07) is 1.98. The van der Waals surface area contributed by atoms with Gasteiger partial charge in [0.15, 0.2) is 0 Å². The second kappa shape index (κ2) is 3.89. The summed E-state index contributed by atoms with van der Waals surface area (Å²) in [6.45, 7) is 0. The number of aliphatic hydroxyl groups is 1. The van der Waals surface area contributed by atoms with Crippen LogP contribution >= 0.6 is 0 Å². The van der Waals surface area contributed by atoms with E-state index in [2.05, 4.69) is 0 Å². The maximum absolute atomic E-state index is 10.2. The van der Waals surface area contributed by atoms with Crippen LogP contribution in [0, 0.1) is 40.9 Å². The fraction of sp³-hybridized carbons (Fsp3) is 0.786. The summed E-state index contributed by atoms with van der Waals surface area (Å²) in [5.41, 5.74) is 0. The molecule has 0 amide bonds. The molecule has 1 unspecified atom stereocenters. The van der Waals surface area contributed by atoms with Crippen LogP contribution in [0.25, 0.3) is 0 Å². The maximum Gasteiger partial charge on any atom is 0.0909 e. The molecule has 0 aromatic rings. The Labute approximate surface area is 97.0 Å². The molecule has 86 valence electrons. The molecule has 4 aliphatic rings. The molecule has 4 saturated carbocycles. The summed E-state index contributed by atoms with van der Waals surface area (Å²) < 4.78 is 0. The summed E-state index contributed by atoms with van der Waals surface area (Å²) in [7, 11) is 0. The maximum atomic E-state index is 10.2. The van der Waals surface area contributed by atoms with E-state index >= 15 is 0 Å². The van der Waals surface area contributed by atoms with Crippen LogP contribution in [0.1, 0.15) is 32.1 Å². The average molecular weight is 217 g/mol. The van der Waals surface area contributed by atoms with E-state index in [0.29, 0.717) is 5.92 Å². The number of rotatable bonds is 2. The smallest absolute Gasteiger partial charge is 0.0909 e. The Hall–Kier alpha value is -0.810. The molecule has 0 radical (unpaired) electrons. The van der Waals surface area contributed by atoms with Crippen molar-refractivity contribution in [1.29, 1.82) is 5.26 Å². The fourth-order valence-electron chi connectivity index (χ4n) is 4.79. The van der Waals surface area contributed by atoms with Crippen LogP contribution in [0.2, 0.25) is 0 Å². The SMILES string of the molecule is N#C/C=C/C(O)C1C2CC3CC(C2)CC1C3. The zero-order chi connectivity index (χ0) is 11.1. The van der Waals surface area contributed by atoms with Gasteiger partial charge in [-0.25, -0.2) is 0 Å². The van der Waals surface area contributed by atoms with E-state index in [0.717, 1.165) is 23.7 Å². The summed E-state index contributed by atoms with van der Waals surface area (Å²) in [6.07, 6.45) is 9.52. The Kier molecular flexibility index (Phi) is 2.52. The zero-order valence-electron chi connectivity index (χ0n) is 9.55. The second-order valence-electron chi connectivity index (χ2n) is 5.99. The van der Waals surface area contributed by atoms with Crippen LogP contribution in [0.5, 0.6) is 0 Å². The van der Waals surface area contributed by atoms with Gasteiger partial charge in [-0.3, -0.25) is 0 Å². The molecule has 1 N–H and O–H groups in total. The Morgan fingerprint density at radius 2 is 1.62 bits per heavy atom. The molecule has 0 spiro atoms. The van der Waals surface area contributed by atoms with Crippen molar-refractivity contribution in [2.75, 3.05) is 0 Å². The zero-order valence-corrected chi connectivity index (χ0v) is 9.55. The first-order valence-electron chi connectivity index (χ1n) is 6.52. The minimum absolute atomic E-state index is 0.380. The van der Waals surface area contributed by atoms with Crippen LogP contribution < -0.4 is 0 Å². The van der Waals surface area contributed by atoms with Crippen LogP contribution in [-0.4, -0.2) is 11.2 Å². The number of nitrogens with zero attached hydrogens (tertiary/aromatic N) is 1. The molecule has 4 fully saturated rings. The molecule has 0 saturated heterocycles. The van der Waals surface area contributed by atoms with Gasteiger partial charge in [0.05, 0.1) is 12.2 Å². The van der Waals surface area contributed by atoms with Crippen LogP contribution in [-0.2, 0) is 0 Å². The van der Waals surface area contributed by atoms with Crippen LogP contribution in [0.4, 0.5) is 0 Å². The topological polar surface area (TPSA) is 44.0 Å². The molecule has 4 aliphatic carbocycles. The van der Waals surface area contributed by atoms with E-state index in [-0.39, 0.29) is 6.10 Å². The van der Waals surface area contributed by atoms with Gasteiger partial charge in [-0.1, -0.05) is 0 Å². The van der Waals surface area contributed by atoms with Gasteiger partial charge in [-0.15, -0.1) is 0 Å². The first-order valence-corrected chi connectivity index (χ1v) is 6.52. The molecular weight excluding hydrogens is 198 g/mol. The molecule has 0 aliphatic heterocycles. The van der Waals surface area contributed by atoms with Gasteiger partial charge in [0, 0.05) is 6.08 Å². The van der Waals surface area contributed by atoms with Gasteiger partial charge in [-0.05, 0) is 67.8 Å². The third-order valence-corrected chi connectivity index (χ3v) is 5.06. The highest BCUT2D eigenvalue weighted by atomic mass is 16.3. The third-order valence-electron chi connectivity index (χ3n) is 5.06. The molecule has 1 atom stereocenters. The largest absolute Gasteiger partial charge is 0.389 e. The third kappa shape index (κ3) is 1.58. The lowest BCUT2D eigenvalue weighted by atomic mass is 9.51. The number of hydrogen-bond donors (Lipinski definition) is 1. The second-order valence-corrected chi connectivity index (χ2v) is 5.99. The Morgan fingerprint density at radius 1 is 1.06 bits per heavy atom. The molecule has 0 heterocycles. The van der Waals surface area contributed by atoms with Crippen LogP contribution in [0.3, 0.4) is 0 Å². The van der Waals surface area contributed by atoms with E-state index in [9.17, 15) is 5.11 Å². The monoisotopic (exact) mass is 217 g/mol. The van der Waals surface area contributed by atoms with Crippen molar-refractivity contribution < 1.29 is 5.11 Å². The average Bonchev–Trinajstić information content (AvgIpc) is 2.24. The van der Waals surface area contributed by atoms with Crippen LogP contribution in [0.15, 0.2) is 12.2 Å². The first kappa shape index (κ1) is 10.4. The van der Waals surface area contributed by atoms with Gasteiger partial charge >= 0.3 is 0 Å². The van der Waals surface area contributed by atoms with Gasteiger partial charge in [0.1, 0.15) is 0 Å². The number of allylic oxidation sites excluding steroid dienone is 1. The number of nitriles is 1. The lowest BCUT2D eigenvalue weighted by Gasteiger charge is -2.55. The lowest BCUT2D eigenvalue weighted by molar-refractivity contribution is -0.0761. The molecule has 2 heteroatoms. The quantitative estimate of drug-likeness (QED) is 0.722. The first-order chi connectivity index (χ1) is 7.78. The molecule has 16 heavy (non-hydrogen) atoms. The van der Waals surface area contributed by atoms with Gasteiger partial charge in [0.25, 0.3) is 0 Å². The summed E-state index contributed by atoms with van der Waals surface area (Å²) in [5, 5.41) is 18.7. The Morgan fingerprint density at radius 3 is 2.12 bits per heavy atom. The van der Waals surface area contributed by atoms with E-state index in [1.165, 1.54) is 38.2 Å². The fourth-order valence-corrected chi connectivity index (χ4v) is 4.79. The Bertz CT molecular complexity index is 313. The summed E-state index contributed by atoms with van der Waals surface area (Å²) >= 11 is 0. The molecule has 4 rings (SSSR count). The highest BCUT2D eigenvalue weighted by molar-refractivity contribution is 5.09. The van der Waals surface area contributed by atoms with Gasteiger partial charge in [-0.2, -0.15) is 5.26 Å². The van der Waals surface area contributed by atoms with E-state index in [1.807, 2.05) is 6.07 Å². The van der Waals surface area contributed by atoms with Crippen molar-refractivity contribution in [3.8, 4) is 6.07 Å². The van der Waals surface area contributed by atoms with Gasteiger partial charge < -0.3 is 5.11 Å². The highest BCUT2D eigenvalue weighted by Crippen LogP contribution is 2.57. The normalized spacial score (nSPS) is 47.1. The predicted octanol–water partition coefficient (Wildman–Crippen LogP) is 2.50. The van der Waals surface area contributed by atoms with Crippen molar-refractivity contribution in [3.05, 3.63) is 12.2 Å². The number of aliphatic hydroxyl groups excluding tert-OH is 1. The molecular formula is C14H19NO. The number of hydrogen-bond acceptors (Lipinski definition) is 2. The molecule has 2 nitrogen and oxygen atoms in total. The van der Waals surface area contributed by atoms with E-state index < -0.39 is 0 Å². The van der Waals surface area contributed by atoms with Crippen molar-refractivity contribution in [3.63, 3.8) is 0 Å². The minimum Gasteiger partial charge on any atom is -0.389 e. The van der Waals surface area contributed by atoms with E-state index in [1.54, 1.807) is 6.08 Å². The lowest BCUT2D eigenvalue weighted by Crippen LogP contribution is -2.48. The highest BCUT2D eigenvalue weighted by Gasteiger charge is 2.49.